The number of aliphatic hydroxyl groups is 4. The van der Waals surface area contributed by atoms with E-state index in [1.165, 1.54) is 4.90 Å². The van der Waals surface area contributed by atoms with Crippen molar-refractivity contribution in [2.75, 3.05) is 87.0 Å². The number of ether oxygens (including phenoxy) is 2. The molecular formula is C47H69N11O8. The zero-order valence-corrected chi connectivity index (χ0v) is 38.3. The van der Waals surface area contributed by atoms with E-state index in [0.717, 1.165) is 102 Å². The Morgan fingerprint density at radius 1 is 0.894 bits per heavy atom. The summed E-state index contributed by atoms with van der Waals surface area (Å²) in [5.74, 6) is 0.891. The summed E-state index contributed by atoms with van der Waals surface area (Å²) >= 11 is 0. The van der Waals surface area contributed by atoms with Gasteiger partial charge in [-0.3, -0.25) is 19.8 Å². The molecule has 0 radical (unpaired) electrons. The van der Waals surface area contributed by atoms with Crippen molar-refractivity contribution in [3.63, 3.8) is 0 Å². The predicted octanol–water partition coefficient (Wildman–Crippen LogP) is 2.95. The molecule has 10 N–H and O–H groups in total. The third-order valence-corrected chi connectivity index (χ3v) is 14.0. The van der Waals surface area contributed by atoms with Gasteiger partial charge in [0.2, 0.25) is 5.91 Å². The lowest BCUT2D eigenvalue weighted by atomic mass is 10.0. The minimum Gasteiger partial charge on any atom is -0.495 e. The van der Waals surface area contributed by atoms with Crippen molar-refractivity contribution in [1.29, 1.82) is 0 Å². The maximum Gasteiger partial charge on any atom is 0.271 e. The minimum absolute atomic E-state index is 0.0969. The number of unbranched alkanes of at least 4 members (excludes halogenated alkanes) is 2. The number of rotatable bonds is 17. The Morgan fingerprint density at radius 3 is 2.38 bits per heavy atom. The van der Waals surface area contributed by atoms with E-state index >= 15 is 0 Å². The van der Waals surface area contributed by atoms with Crippen LogP contribution in [0.4, 0.5) is 28.7 Å². The Kier molecular flexibility index (Phi) is 15.9. The maximum atomic E-state index is 13.0. The van der Waals surface area contributed by atoms with Crippen molar-refractivity contribution in [3.8, 4) is 5.75 Å². The lowest BCUT2D eigenvalue weighted by Crippen LogP contribution is -2.57. The predicted molar refractivity (Wildman–Crippen MR) is 250 cm³/mol. The molecule has 3 aromatic rings. The zero-order chi connectivity index (χ0) is 46.3. The van der Waals surface area contributed by atoms with Crippen LogP contribution in [0, 0.1) is 0 Å². The molecule has 6 heterocycles. The summed E-state index contributed by atoms with van der Waals surface area (Å²) in [5, 5.41) is 55.2. The molecule has 1 aromatic heterocycles. The van der Waals surface area contributed by atoms with Crippen LogP contribution in [-0.4, -0.2) is 154 Å². The highest BCUT2D eigenvalue weighted by atomic mass is 16.5. The molecule has 2 amide bonds. The van der Waals surface area contributed by atoms with E-state index in [0.29, 0.717) is 84.8 Å². The number of aliphatic hydroxyl groups excluding tert-OH is 4. The largest absolute Gasteiger partial charge is 0.495 e. The number of amides is 2. The van der Waals surface area contributed by atoms with Crippen molar-refractivity contribution in [1.82, 2.24) is 30.0 Å². The topological polar surface area (TPSA) is 246 Å². The van der Waals surface area contributed by atoms with Gasteiger partial charge in [0.15, 0.2) is 17.3 Å². The molecule has 66 heavy (non-hydrogen) atoms. The number of nitrogens with two attached hydrogens (primary N) is 1. The van der Waals surface area contributed by atoms with Gasteiger partial charge >= 0.3 is 0 Å². The van der Waals surface area contributed by atoms with E-state index in [9.17, 15) is 30.0 Å². The molecule has 4 saturated heterocycles. The molecule has 5 unspecified atom stereocenters. The molecule has 0 saturated carbocycles. The second-order valence-corrected chi connectivity index (χ2v) is 18.2. The summed E-state index contributed by atoms with van der Waals surface area (Å²) in [7, 11) is 1.68. The molecular weight excluding hydrogens is 847 g/mol. The quantitative estimate of drug-likeness (QED) is 0.0884. The van der Waals surface area contributed by atoms with Crippen LogP contribution >= 0.6 is 0 Å². The molecule has 19 heteroatoms. The summed E-state index contributed by atoms with van der Waals surface area (Å²) < 4.78 is 11.4. The Morgan fingerprint density at radius 2 is 1.67 bits per heavy atom. The molecule has 360 valence electrons. The number of fused-ring (bicyclic) bond motifs is 1. The number of hydrogen-bond acceptors (Lipinski definition) is 17. The Hall–Kier alpha value is -4.70. The number of hydrogen-bond donors (Lipinski definition) is 9. The summed E-state index contributed by atoms with van der Waals surface area (Å²) in [6, 6.07) is 11.3. The fourth-order valence-corrected chi connectivity index (χ4v) is 10.3. The number of methoxy groups -OCH3 is 1. The molecule has 0 bridgehead atoms. The summed E-state index contributed by atoms with van der Waals surface area (Å²) in [4.78, 5) is 44.0. The lowest BCUT2D eigenvalue weighted by molar-refractivity contribution is -0.158. The molecule has 0 aliphatic carbocycles. The number of aromatic nitrogens is 2. The Bertz CT molecular complexity index is 2130. The number of nitrogens with one attached hydrogen (secondary N) is 4. The first-order valence-electron chi connectivity index (χ1n) is 23.9. The summed E-state index contributed by atoms with van der Waals surface area (Å²) in [6.07, 6.45) is 3.91. The van der Waals surface area contributed by atoms with Gasteiger partial charge < -0.3 is 61.4 Å². The summed E-state index contributed by atoms with van der Waals surface area (Å²) in [5.41, 5.74) is 9.69. The normalized spacial score (nSPS) is 24.8. The van der Waals surface area contributed by atoms with Gasteiger partial charge in [0.05, 0.1) is 24.5 Å². The average molecular weight is 916 g/mol. The van der Waals surface area contributed by atoms with E-state index in [4.69, 9.17) is 20.2 Å². The highest BCUT2D eigenvalue weighted by molar-refractivity contribution is 5.96. The average Bonchev–Trinajstić information content (AvgIpc) is 3.58. The Labute approximate surface area is 387 Å². The molecule has 4 fully saturated rings. The third kappa shape index (κ3) is 11.0. The molecule has 19 nitrogen and oxygen atoms in total. The monoisotopic (exact) mass is 916 g/mol. The van der Waals surface area contributed by atoms with Crippen molar-refractivity contribution in [2.24, 2.45) is 5.73 Å². The number of anilines is 5. The third-order valence-electron chi connectivity index (χ3n) is 14.0. The van der Waals surface area contributed by atoms with Crippen LogP contribution in [0.25, 0.3) is 0 Å². The van der Waals surface area contributed by atoms with Crippen LogP contribution in [-0.2, 0) is 16.0 Å². The lowest BCUT2D eigenvalue weighted by Gasteiger charge is -2.43. The van der Waals surface area contributed by atoms with Gasteiger partial charge in [-0.05, 0) is 82.5 Å². The maximum absolute atomic E-state index is 13.0. The molecule has 8 rings (SSSR count). The highest BCUT2D eigenvalue weighted by Gasteiger charge is 2.46. The van der Waals surface area contributed by atoms with E-state index < -0.39 is 36.9 Å². The standard InChI is InChI=1S/C47H69N11O8/c1-3-33-43(49-29-17-26-66-27-18-29)54-44(41(52-33)42(48)61)50-30-11-12-35(37(28-30)65-2)57-20-15-31(16-21-57)56-24-22-55(23-25-56)19-6-4-5-10-38(59)51-34-9-7-8-32-40(34)47(64)58(46(32)63)36-13-14-39(60)53-45(36)62/h7-9,11-12,28-29,31,36,39,45-47,53,60,62-64H,3-6,10,13-27H2,1-2H3,(H2,48,61)(H,51,59)(H2,49,50,54). The number of piperidine rings is 2. The van der Waals surface area contributed by atoms with Gasteiger partial charge in [-0.2, -0.15) is 0 Å². The number of aryl methyl sites for hydroxylation is 1. The Balaban J connectivity index is 0.755. The fraction of sp³-hybridized carbons (Fsp3) is 0.617. The minimum atomic E-state index is -1.22. The molecule has 5 atom stereocenters. The van der Waals surface area contributed by atoms with Crippen molar-refractivity contribution in [3.05, 3.63) is 58.9 Å². The number of primary amides is 1. The van der Waals surface area contributed by atoms with Crippen molar-refractivity contribution < 1.29 is 39.5 Å². The van der Waals surface area contributed by atoms with Crippen LogP contribution in [0.1, 0.15) is 111 Å². The van der Waals surface area contributed by atoms with E-state index in [2.05, 4.69) is 47.0 Å². The van der Waals surface area contributed by atoms with Gasteiger partial charge in [-0.15, -0.1) is 0 Å². The first-order valence-corrected chi connectivity index (χ1v) is 23.9. The van der Waals surface area contributed by atoms with E-state index in [1.807, 2.05) is 19.1 Å². The smallest absolute Gasteiger partial charge is 0.271 e. The van der Waals surface area contributed by atoms with Crippen LogP contribution in [0.3, 0.4) is 0 Å². The van der Waals surface area contributed by atoms with Crippen LogP contribution < -0.4 is 36.6 Å². The molecule has 5 aliphatic heterocycles. The number of piperazine rings is 1. The molecule has 2 aromatic carbocycles. The molecule has 0 spiro atoms. The number of carbonyl (C=O) groups is 2. The van der Waals surface area contributed by atoms with Crippen molar-refractivity contribution in [2.45, 2.75) is 121 Å². The first kappa shape index (κ1) is 47.8. The van der Waals surface area contributed by atoms with Crippen molar-refractivity contribution >= 4 is 40.5 Å². The zero-order valence-electron chi connectivity index (χ0n) is 38.3. The van der Waals surface area contributed by atoms with Crippen LogP contribution in [0.15, 0.2) is 36.4 Å². The number of carbonyl (C=O) groups excluding carboxylic acids is 2. The summed E-state index contributed by atoms with van der Waals surface area (Å²) in [6.45, 7) is 10.3. The van der Waals surface area contributed by atoms with E-state index in [-0.39, 0.29) is 17.6 Å². The number of nitrogens with zero attached hydrogens (tertiary/aromatic N) is 6. The van der Waals surface area contributed by atoms with Gasteiger partial charge in [0.1, 0.15) is 30.7 Å². The van der Waals surface area contributed by atoms with Gasteiger partial charge in [0, 0.05) is 99.6 Å². The van der Waals surface area contributed by atoms with Gasteiger partial charge in [0.25, 0.3) is 5.91 Å². The van der Waals surface area contributed by atoms with E-state index in [1.54, 1.807) is 25.3 Å². The SMILES string of the molecule is CCc1nc(C(N)=O)c(Nc2ccc(N3CCC(N4CCN(CCCCCC(=O)Nc5cccc6c5C(O)N(C5CCC(O)NC5O)C6O)CC4)CC3)c(OC)c2)nc1NC1CCOCC1. The first-order chi connectivity index (χ1) is 32.0. The fourth-order valence-electron chi connectivity index (χ4n) is 10.3. The molecule has 5 aliphatic rings. The highest BCUT2D eigenvalue weighted by Crippen LogP contribution is 2.46. The van der Waals surface area contributed by atoms with Gasteiger partial charge in [-0.25, -0.2) is 14.9 Å². The van der Waals surface area contributed by atoms with Gasteiger partial charge in [-0.1, -0.05) is 25.5 Å². The number of benzene rings is 2. The van der Waals surface area contributed by atoms with Crippen LogP contribution in [0.5, 0.6) is 5.75 Å². The van der Waals surface area contributed by atoms with Crippen LogP contribution in [0.2, 0.25) is 0 Å². The second kappa shape index (κ2) is 21.9. The second-order valence-electron chi connectivity index (χ2n) is 18.2.